The minimum absolute atomic E-state index is 0.223. The fourth-order valence-corrected chi connectivity index (χ4v) is 3.27. The van der Waals surface area contributed by atoms with Gasteiger partial charge in [-0.15, -0.1) is 0 Å². The molecule has 1 N–H and O–H groups in total. The smallest absolute Gasteiger partial charge is 0.287 e. The Morgan fingerprint density at radius 2 is 2.00 bits per heavy atom. The van der Waals surface area contributed by atoms with Gasteiger partial charge in [0.05, 0.1) is 5.69 Å². The molecule has 0 aliphatic heterocycles. The van der Waals surface area contributed by atoms with Crippen LogP contribution in [0.1, 0.15) is 21.9 Å². The standard InChI is InChI=1S/C17H25BrN4O2Si/c1-13-15(18)21-16(22(13)12-24-9-10-25(2,3)4)17(23)20-11-14-5-7-19-8-6-14/h5-8H,9-12H2,1-4H3,(H,20,23). The predicted molar refractivity (Wildman–Crippen MR) is 104 cm³/mol. The van der Waals surface area contributed by atoms with E-state index in [1.807, 2.05) is 19.1 Å². The van der Waals surface area contributed by atoms with Crippen LogP contribution in [-0.2, 0) is 18.0 Å². The van der Waals surface area contributed by atoms with E-state index in [-0.39, 0.29) is 5.91 Å². The number of pyridine rings is 1. The molecular weight excluding hydrogens is 400 g/mol. The molecule has 0 unspecified atom stereocenters. The van der Waals surface area contributed by atoms with E-state index in [9.17, 15) is 4.79 Å². The average molecular weight is 425 g/mol. The lowest BCUT2D eigenvalue weighted by atomic mass is 10.3. The second-order valence-corrected chi connectivity index (χ2v) is 13.5. The van der Waals surface area contributed by atoms with Gasteiger partial charge in [-0.25, -0.2) is 4.98 Å². The van der Waals surface area contributed by atoms with E-state index in [2.05, 4.69) is 50.9 Å². The number of halogens is 1. The molecule has 0 saturated carbocycles. The van der Waals surface area contributed by atoms with Crippen LogP contribution in [0.3, 0.4) is 0 Å². The van der Waals surface area contributed by atoms with Crippen molar-refractivity contribution in [1.29, 1.82) is 0 Å². The first kappa shape index (κ1) is 19.8. The number of hydrogen-bond donors (Lipinski definition) is 1. The lowest BCUT2D eigenvalue weighted by molar-refractivity contribution is 0.0773. The van der Waals surface area contributed by atoms with E-state index in [0.717, 1.165) is 17.3 Å². The maximum Gasteiger partial charge on any atom is 0.287 e. The number of amides is 1. The normalized spacial score (nSPS) is 11.6. The highest BCUT2D eigenvalue weighted by Crippen LogP contribution is 2.18. The van der Waals surface area contributed by atoms with Gasteiger partial charge >= 0.3 is 0 Å². The number of hydrogen-bond acceptors (Lipinski definition) is 4. The molecule has 8 heteroatoms. The summed E-state index contributed by atoms with van der Waals surface area (Å²) in [6.07, 6.45) is 3.41. The first-order valence-corrected chi connectivity index (χ1v) is 12.8. The molecule has 0 fully saturated rings. The molecule has 0 saturated heterocycles. The van der Waals surface area contributed by atoms with Gasteiger partial charge in [0.15, 0.2) is 0 Å². The SMILES string of the molecule is Cc1c(Br)nc(C(=O)NCc2ccncc2)n1COCC[Si](C)(C)C. The lowest BCUT2D eigenvalue weighted by Gasteiger charge is -2.16. The van der Waals surface area contributed by atoms with Crippen molar-refractivity contribution in [1.82, 2.24) is 19.9 Å². The Labute approximate surface area is 158 Å². The van der Waals surface area contributed by atoms with Gasteiger partial charge in [-0.3, -0.25) is 14.3 Å². The summed E-state index contributed by atoms with van der Waals surface area (Å²) in [5.74, 6) is 0.130. The average Bonchev–Trinajstić information content (AvgIpc) is 2.85. The van der Waals surface area contributed by atoms with Crippen LogP contribution in [0.2, 0.25) is 25.7 Å². The Kier molecular flexibility index (Phi) is 6.92. The summed E-state index contributed by atoms with van der Waals surface area (Å²) in [5.41, 5.74) is 1.87. The van der Waals surface area contributed by atoms with Crippen molar-refractivity contribution < 1.29 is 9.53 Å². The van der Waals surface area contributed by atoms with Crippen LogP contribution in [0, 0.1) is 6.92 Å². The lowest BCUT2D eigenvalue weighted by Crippen LogP contribution is -2.27. The van der Waals surface area contributed by atoms with Gasteiger partial charge in [0, 0.05) is 33.6 Å². The highest BCUT2D eigenvalue weighted by atomic mass is 79.9. The molecule has 0 atom stereocenters. The van der Waals surface area contributed by atoms with Crippen LogP contribution < -0.4 is 5.32 Å². The van der Waals surface area contributed by atoms with Gasteiger partial charge in [-0.05, 0) is 46.6 Å². The second-order valence-electron chi connectivity index (χ2n) is 7.13. The highest BCUT2D eigenvalue weighted by Gasteiger charge is 2.19. The zero-order chi connectivity index (χ0) is 18.4. The fraction of sp³-hybridized carbons (Fsp3) is 0.471. The van der Waals surface area contributed by atoms with Crippen LogP contribution in [0.5, 0.6) is 0 Å². The van der Waals surface area contributed by atoms with Gasteiger partial charge < -0.3 is 10.1 Å². The van der Waals surface area contributed by atoms with E-state index in [1.165, 1.54) is 0 Å². The first-order chi connectivity index (χ1) is 11.8. The van der Waals surface area contributed by atoms with Crippen molar-refractivity contribution in [3.8, 4) is 0 Å². The van der Waals surface area contributed by atoms with Crippen molar-refractivity contribution in [2.24, 2.45) is 0 Å². The van der Waals surface area contributed by atoms with Gasteiger partial charge in [-0.2, -0.15) is 0 Å². The van der Waals surface area contributed by atoms with E-state index in [1.54, 1.807) is 17.0 Å². The number of carbonyl (C=O) groups is 1. The second kappa shape index (κ2) is 8.73. The monoisotopic (exact) mass is 424 g/mol. The number of carbonyl (C=O) groups excluding carboxylic acids is 1. The van der Waals surface area contributed by atoms with Gasteiger partial charge in [-0.1, -0.05) is 19.6 Å². The molecule has 25 heavy (non-hydrogen) atoms. The molecule has 2 aromatic heterocycles. The van der Waals surface area contributed by atoms with Gasteiger partial charge in [0.2, 0.25) is 5.82 Å². The van der Waals surface area contributed by atoms with Crippen LogP contribution in [-0.4, -0.2) is 35.1 Å². The van der Waals surface area contributed by atoms with Crippen molar-refractivity contribution >= 4 is 29.9 Å². The number of imidazole rings is 1. The summed E-state index contributed by atoms with van der Waals surface area (Å²) in [4.78, 5) is 20.8. The molecule has 0 radical (unpaired) electrons. The quantitative estimate of drug-likeness (QED) is 0.519. The van der Waals surface area contributed by atoms with Crippen molar-refractivity contribution in [3.63, 3.8) is 0 Å². The van der Waals surface area contributed by atoms with Crippen LogP contribution >= 0.6 is 15.9 Å². The Morgan fingerprint density at radius 3 is 2.64 bits per heavy atom. The fourth-order valence-electron chi connectivity index (χ4n) is 2.13. The van der Waals surface area contributed by atoms with Gasteiger partial charge in [0.1, 0.15) is 11.3 Å². The maximum atomic E-state index is 12.5. The Hall–Kier alpha value is -1.51. The summed E-state index contributed by atoms with van der Waals surface area (Å²) in [5, 5.41) is 2.89. The van der Waals surface area contributed by atoms with Crippen LogP contribution in [0.15, 0.2) is 29.1 Å². The first-order valence-electron chi connectivity index (χ1n) is 8.25. The molecule has 2 rings (SSSR count). The summed E-state index contributed by atoms with van der Waals surface area (Å²) in [6.45, 7) is 10.3. The number of aromatic nitrogens is 3. The molecule has 1 amide bonds. The van der Waals surface area contributed by atoms with E-state index in [0.29, 0.717) is 30.3 Å². The summed E-state index contributed by atoms with van der Waals surface area (Å²) in [6, 6.07) is 4.83. The van der Waals surface area contributed by atoms with E-state index < -0.39 is 8.07 Å². The molecule has 2 heterocycles. The number of nitrogens with one attached hydrogen (secondary N) is 1. The molecule has 0 spiro atoms. The van der Waals surface area contributed by atoms with E-state index in [4.69, 9.17) is 4.74 Å². The zero-order valence-corrected chi connectivity index (χ0v) is 17.8. The summed E-state index contributed by atoms with van der Waals surface area (Å²) < 4.78 is 8.26. The molecule has 0 aromatic carbocycles. The molecule has 0 aliphatic rings. The minimum Gasteiger partial charge on any atom is -0.361 e. The topological polar surface area (TPSA) is 69.0 Å². The maximum absolute atomic E-state index is 12.5. The summed E-state index contributed by atoms with van der Waals surface area (Å²) in [7, 11) is -1.13. The van der Waals surface area contributed by atoms with Gasteiger partial charge in [0.25, 0.3) is 5.91 Å². The van der Waals surface area contributed by atoms with Crippen molar-refractivity contribution in [2.75, 3.05) is 6.61 Å². The largest absolute Gasteiger partial charge is 0.361 e. The molecule has 2 aromatic rings. The third-order valence-electron chi connectivity index (χ3n) is 3.79. The molecular formula is C17H25BrN4O2Si. The third-order valence-corrected chi connectivity index (χ3v) is 6.24. The van der Waals surface area contributed by atoms with Crippen LogP contribution in [0.4, 0.5) is 0 Å². The van der Waals surface area contributed by atoms with Crippen LogP contribution in [0.25, 0.3) is 0 Å². The Morgan fingerprint density at radius 1 is 1.32 bits per heavy atom. The molecule has 136 valence electrons. The number of nitrogens with zero attached hydrogens (tertiary/aromatic N) is 3. The minimum atomic E-state index is -1.13. The molecule has 0 aliphatic carbocycles. The molecule has 6 nitrogen and oxygen atoms in total. The Balaban J connectivity index is 1.99. The third kappa shape index (κ3) is 6.05. The number of ether oxygens (including phenoxy) is 1. The molecule has 0 bridgehead atoms. The zero-order valence-electron chi connectivity index (χ0n) is 15.2. The Bertz CT molecular complexity index is 713. The summed E-state index contributed by atoms with van der Waals surface area (Å²) >= 11 is 3.40. The predicted octanol–water partition coefficient (Wildman–Crippen LogP) is 3.59. The number of rotatable bonds is 8. The van der Waals surface area contributed by atoms with Crippen molar-refractivity contribution in [3.05, 3.63) is 46.2 Å². The highest BCUT2D eigenvalue weighted by molar-refractivity contribution is 9.10. The van der Waals surface area contributed by atoms with Crippen molar-refractivity contribution in [2.45, 2.75) is 45.9 Å². The van der Waals surface area contributed by atoms with E-state index >= 15 is 0 Å².